The molecule has 1 fully saturated rings. The number of aryl methyl sites for hydroxylation is 1. The van der Waals surface area contributed by atoms with Crippen LogP contribution in [0.1, 0.15) is 31.7 Å². The highest BCUT2D eigenvalue weighted by molar-refractivity contribution is 5.84. The number of ether oxygens (including phenoxy) is 3. The Balaban J connectivity index is 2.10. The topological polar surface area (TPSA) is 85.3 Å². The lowest BCUT2D eigenvalue weighted by Gasteiger charge is -2.36. The van der Waals surface area contributed by atoms with Crippen LogP contribution >= 0.6 is 0 Å². The predicted molar refractivity (Wildman–Crippen MR) is 96.0 cm³/mol. The second kappa shape index (κ2) is 8.78. The van der Waals surface area contributed by atoms with Gasteiger partial charge in [0, 0.05) is 13.0 Å². The number of hydrogen-bond acceptors (Lipinski definition) is 5. The average Bonchev–Trinajstić information content (AvgIpc) is 2.64. The van der Waals surface area contributed by atoms with E-state index in [1.165, 1.54) is 12.0 Å². The SMILES string of the molecule is COc1cc(CCC(=O)N2CCC(C)CC2C(=O)O)cc(OC)c1OC. The quantitative estimate of drug-likeness (QED) is 0.798. The first-order chi connectivity index (χ1) is 12.4. The summed E-state index contributed by atoms with van der Waals surface area (Å²) in [7, 11) is 4.62. The zero-order chi connectivity index (χ0) is 19.3. The first kappa shape index (κ1) is 19.9. The third-order valence-electron chi connectivity index (χ3n) is 4.82. The molecule has 0 saturated carbocycles. The van der Waals surface area contributed by atoms with Crippen LogP contribution in [-0.2, 0) is 16.0 Å². The maximum absolute atomic E-state index is 12.6. The maximum atomic E-state index is 12.6. The van der Waals surface area contributed by atoms with Crippen LogP contribution in [0.2, 0.25) is 0 Å². The Hall–Kier alpha value is -2.44. The normalized spacial score (nSPS) is 19.8. The summed E-state index contributed by atoms with van der Waals surface area (Å²) < 4.78 is 15.9. The van der Waals surface area contributed by atoms with E-state index in [4.69, 9.17) is 14.2 Å². The van der Waals surface area contributed by atoms with Crippen LogP contribution in [0.25, 0.3) is 0 Å². The summed E-state index contributed by atoms with van der Waals surface area (Å²) in [6.07, 6.45) is 2.04. The molecule has 1 aromatic carbocycles. The van der Waals surface area contributed by atoms with Crippen molar-refractivity contribution in [3.8, 4) is 17.2 Å². The van der Waals surface area contributed by atoms with E-state index in [1.54, 1.807) is 14.2 Å². The molecule has 26 heavy (non-hydrogen) atoms. The van der Waals surface area contributed by atoms with Crippen molar-refractivity contribution in [3.05, 3.63) is 17.7 Å². The molecule has 0 spiro atoms. The number of nitrogens with zero attached hydrogens (tertiary/aromatic N) is 1. The summed E-state index contributed by atoms with van der Waals surface area (Å²) in [4.78, 5) is 25.6. The molecule has 0 radical (unpaired) electrons. The number of methoxy groups -OCH3 is 3. The fourth-order valence-corrected chi connectivity index (χ4v) is 3.35. The van der Waals surface area contributed by atoms with Crippen LogP contribution in [-0.4, -0.2) is 55.8 Å². The molecule has 7 heteroatoms. The molecule has 1 aromatic rings. The molecule has 1 saturated heterocycles. The van der Waals surface area contributed by atoms with Crippen LogP contribution in [0.3, 0.4) is 0 Å². The molecule has 1 amide bonds. The minimum Gasteiger partial charge on any atom is -0.493 e. The largest absolute Gasteiger partial charge is 0.493 e. The van der Waals surface area contributed by atoms with Gasteiger partial charge in [-0.05, 0) is 42.9 Å². The molecule has 2 unspecified atom stereocenters. The third-order valence-corrected chi connectivity index (χ3v) is 4.82. The Morgan fingerprint density at radius 1 is 1.15 bits per heavy atom. The Kier molecular flexibility index (Phi) is 6.71. The Labute approximate surface area is 153 Å². The van der Waals surface area contributed by atoms with Gasteiger partial charge >= 0.3 is 5.97 Å². The van der Waals surface area contributed by atoms with E-state index in [0.29, 0.717) is 42.6 Å². The van der Waals surface area contributed by atoms with E-state index >= 15 is 0 Å². The molecule has 2 rings (SSSR count). The lowest BCUT2D eigenvalue weighted by molar-refractivity contribution is -0.153. The minimum absolute atomic E-state index is 0.141. The Morgan fingerprint density at radius 2 is 1.77 bits per heavy atom. The number of likely N-dealkylation sites (tertiary alicyclic amines) is 1. The van der Waals surface area contributed by atoms with Gasteiger partial charge in [-0.1, -0.05) is 6.92 Å². The molecule has 0 aliphatic carbocycles. The smallest absolute Gasteiger partial charge is 0.326 e. The summed E-state index contributed by atoms with van der Waals surface area (Å²) in [5.41, 5.74) is 0.866. The lowest BCUT2D eigenvalue weighted by Crippen LogP contribution is -2.49. The van der Waals surface area contributed by atoms with Crippen LogP contribution in [0, 0.1) is 5.92 Å². The second-order valence-corrected chi connectivity index (χ2v) is 6.60. The number of carboxylic acids is 1. The fourth-order valence-electron chi connectivity index (χ4n) is 3.35. The highest BCUT2D eigenvalue weighted by Gasteiger charge is 2.34. The molecule has 1 aliphatic heterocycles. The monoisotopic (exact) mass is 365 g/mol. The molecule has 0 bridgehead atoms. The van der Waals surface area contributed by atoms with Crippen LogP contribution in [0.5, 0.6) is 17.2 Å². The van der Waals surface area contributed by atoms with Gasteiger partial charge in [-0.15, -0.1) is 0 Å². The molecule has 1 N–H and O–H groups in total. The van der Waals surface area contributed by atoms with Crippen molar-refractivity contribution < 1.29 is 28.9 Å². The van der Waals surface area contributed by atoms with Gasteiger partial charge in [0.25, 0.3) is 0 Å². The number of carbonyl (C=O) groups is 2. The van der Waals surface area contributed by atoms with E-state index in [0.717, 1.165) is 12.0 Å². The summed E-state index contributed by atoms with van der Waals surface area (Å²) >= 11 is 0. The van der Waals surface area contributed by atoms with Gasteiger partial charge in [-0.3, -0.25) is 4.79 Å². The van der Waals surface area contributed by atoms with Crippen LogP contribution < -0.4 is 14.2 Å². The molecule has 0 aromatic heterocycles. The number of carbonyl (C=O) groups excluding carboxylic acids is 1. The second-order valence-electron chi connectivity index (χ2n) is 6.60. The minimum atomic E-state index is -0.933. The van der Waals surface area contributed by atoms with Crippen molar-refractivity contribution in [3.63, 3.8) is 0 Å². The van der Waals surface area contributed by atoms with Gasteiger partial charge in [-0.2, -0.15) is 0 Å². The highest BCUT2D eigenvalue weighted by Crippen LogP contribution is 2.38. The number of hydrogen-bond donors (Lipinski definition) is 1. The zero-order valence-corrected chi connectivity index (χ0v) is 15.8. The first-order valence-electron chi connectivity index (χ1n) is 8.72. The van der Waals surface area contributed by atoms with Crippen molar-refractivity contribution in [2.45, 2.75) is 38.6 Å². The summed E-state index contributed by atoms with van der Waals surface area (Å²) in [5, 5.41) is 9.41. The van der Waals surface area contributed by atoms with Crippen molar-refractivity contribution in [2.75, 3.05) is 27.9 Å². The molecule has 1 aliphatic rings. The number of benzene rings is 1. The van der Waals surface area contributed by atoms with Crippen molar-refractivity contribution in [2.24, 2.45) is 5.92 Å². The number of piperidine rings is 1. The van der Waals surface area contributed by atoms with Gasteiger partial charge in [0.15, 0.2) is 11.5 Å². The van der Waals surface area contributed by atoms with Crippen LogP contribution in [0.15, 0.2) is 12.1 Å². The number of carboxylic acid groups (broad SMARTS) is 1. The standard InChI is InChI=1S/C19H27NO6/c1-12-7-8-20(14(9-12)19(22)23)17(21)6-5-13-10-15(24-2)18(26-4)16(11-13)25-3/h10-12,14H,5-9H2,1-4H3,(H,22,23). The van der Waals surface area contributed by atoms with E-state index in [-0.39, 0.29) is 12.3 Å². The van der Waals surface area contributed by atoms with Crippen molar-refractivity contribution in [1.29, 1.82) is 0 Å². The van der Waals surface area contributed by atoms with Crippen molar-refractivity contribution in [1.82, 2.24) is 4.90 Å². The number of rotatable bonds is 7. The maximum Gasteiger partial charge on any atom is 0.326 e. The molecule has 144 valence electrons. The molecular weight excluding hydrogens is 338 g/mol. The molecule has 7 nitrogen and oxygen atoms in total. The zero-order valence-electron chi connectivity index (χ0n) is 15.8. The van der Waals surface area contributed by atoms with Gasteiger partial charge in [0.05, 0.1) is 21.3 Å². The summed E-state index contributed by atoms with van der Waals surface area (Å²) in [6.45, 7) is 2.51. The third kappa shape index (κ3) is 4.39. The summed E-state index contributed by atoms with van der Waals surface area (Å²) in [5.74, 6) is 0.807. The predicted octanol–water partition coefficient (Wildman–Crippen LogP) is 2.36. The van der Waals surface area contributed by atoms with E-state index < -0.39 is 12.0 Å². The summed E-state index contributed by atoms with van der Waals surface area (Å²) in [6, 6.07) is 2.88. The van der Waals surface area contributed by atoms with Crippen LogP contribution in [0.4, 0.5) is 0 Å². The Morgan fingerprint density at radius 3 is 2.27 bits per heavy atom. The Bertz CT molecular complexity index is 634. The first-order valence-corrected chi connectivity index (χ1v) is 8.72. The van der Waals surface area contributed by atoms with Gasteiger partial charge in [0.2, 0.25) is 11.7 Å². The molecule has 1 heterocycles. The number of aliphatic carboxylic acids is 1. The average molecular weight is 365 g/mol. The van der Waals surface area contributed by atoms with E-state index in [1.807, 2.05) is 19.1 Å². The van der Waals surface area contributed by atoms with Crippen molar-refractivity contribution >= 4 is 11.9 Å². The molecule has 2 atom stereocenters. The highest BCUT2D eigenvalue weighted by atomic mass is 16.5. The fraction of sp³-hybridized carbons (Fsp3) is 0.579. The lowest BCUT2D eigenvalue weighted by atomic mass is 9.92. The number of amides is 1. The van der Waals surface area contributed by atoms with Gasteiger partial charge < -0.3 is 24.2 Å². The van der Waals surface area contributed by atoms with E-state index in [2.05, 4.69) is 0 Å². The van der Waals surface area contributed by atoms with Gasteiger partial charge in [0.1, 0.15) is 6.04 Å². The van der Waals surface area contributed by atoms with E-state index in [9.17, 15) is 14.7 Å². The molecular formula is C19H27NO6. The van der Waals surface area contributed by atoms with Gasteiger partial charge in [-0.25, -0.2) is 4.79 Å².